The van der Waals surface area contributed by atoms with Crippen molar-refractivity contribution in [2.24, 2.45) is 0 Å². The molecule has 0 aliphatic carbocycles. The van der Waals surface area contributed by atoms with E-state index in [-0.39, 0.29) is 0 Å². The zero-order chi connectivity index (χ0) is 13.1. The molecule has 0 aliphatic heterocycles. The van der Waals surface area contributed by atoms with Crippen LogP contribution in [0.4, 0.5) is 4.79 Å². The molecule has 1 rings (SSSR count). The van der Waals surface area contributed by atoms with E-state index < -0.39 is 17.2 Å². The lowest BCUT2D eigenvalue weighted by molar-refractivity contribution is -0.113. The van der Waals surface area contributed by atoms with Crippen LogP contribution in [0.15, 0.2) is 12.3 Å². The fourth-order valence-corrected chi connectivity index (χ4v) is 1.22. The van der Waals surface area contributed by atoms with Crippen LogP contribution >= 0.6 is 0 Å². The van der Waals surface area contributed by atoms with E-state index in [0.717, 1.165) is 0 Å². The van der Waals surface area contributed by atoms with Crippen LogP contribution in [0.1, 0.15) is 33.4 Å². The number of ether oxygens (including phenoxy) is 1. The highest BCUT2D eigenvalue weighted by Crippen LogP contribution is 2.16. The van der Waals surface area contributed by atoms with Gasteiger partial charge in [-0.15, -0.1) is 0 Å². The minimum absolute atomic E-state index is 0.498. The van der Waals surface area contributed by atoms with Crippen molar-refractivity contribution in [3.8, 4) is 0 Å². The average Bonchev–Trinajstić information content (AvgIpc) is 2.67. The first-order valence-corrected chi connectivity index (χ1v) is 5.24. The van der Waals surface area contributed by atoms with E-state index in [1.807, 2.05) is 0 Å². The number of carbonyl (C=O) groups is 2. The van der Waals surface area contributed by atoms with E-state index >= 15 is 0 Å². The monoisotopic (exact) mass is 239 g/mol. The number of aromatic amines is 1. The van der Waals surface area contributed by atoms with Crippen LogP contribution in [-0.2, 0) is 15.1 Å². The van der Waals surface area contributed by atoms with Crippen molar-refractivity contribution in [1.29, 1.82) is 0 Å². The summed E-state index contributed by atoms with van der Waals surface area (Å²) in [7, 11) is 0. The number of alkyl carbamates (subject to hydrolysis) is 1. The Kier molecular flexibility index (Phi) is 3.55. The molecule has 1 heterocycles. The predicted molar refractivity (Wildman–Crippen MR) is 61.4 cm³/mol. The van der Waals surface area contributed by atoms with Gasteiger partial charge in [-0.25, -0.2) is 4.79 Å². The Morgan fingerprint density at radius 2 is 2.12 bits per heavy atom. The number of aromatic nitrogens is 2. The topological polar surface area (TPSA) is 84.1 Å². The third kappa shape index (κ3) is 3.58. The number of rotatable bonds is 3. The maximum absolute atomic E-state index is 11.6. The Balaban J connectivity index is 2.77. The van der Waals surface area contributed by atoms with Gasteiger partial charge < -0.3 is 14.8 Å². The molecule has 0 radical (unpaired) electrons. The summed E-state index contributed by atoms with van der Waals surface area (Å²) in [6.07, 6.45) is 1.49. The van der Waals surface area contributed by atoms with Gasteiger partial charge in [-0.05, 0) is 33.8 Å². The molecule has 94 valence electrons. The van der Waals surface area contributed by atoms with Gasteiger partial charge in [0, 0.05) is 6.20 Å². The smallest absolute Gasteiger partial charge is 0.408 e. The van der Waals surface area contributed by atoms with Gasteiger partial charge >= 0.3 is 6.09 Å². The molecule has 0 saturated carbocycles. The molecule has 1 aromatic rings. The Hall–Kier alpha value is -1.85. The molecular formula is C11H17N3O3. The first-order valence-electron chi connectivity index (χ1n) is 5.24. The van der Waals surface area contributed by atoms with E-state index in [1.54, 1.807) is 33.8 Å². The molecule has 0 fully saturated rings. The van der Waals surface area contributed by atoms with Crippen LogP contribution in [0.5, 0.6) is 0 Å². The number of hydrogen-bond donors (Lipinski definition) is 2. The second-order valence-corrected chi connectivity index (χ2v) is 4.92. The lowest BCUT2D eigenvalue weighted by Crippen LogP contribution is -2.47. The normalized spacial score (nSPS) is 14.8. The minimum atomic E-state index is -1.17. The fourth-order valence-electron chi connectivity index (χ4n) is 1.22. The van der Waals surface area contributed by atoms with Crippen molar-refractivity contribution in [3.63, 3.8) is 0 Å². The summed E-state index contributed by atoms with van der Waals surface area (Å²) in [5.41, 5.74) is -1.28. The molecule has 0 saturated heterocycles. The predicted octanol–water partition coefficient (Wildman–Crippen LogP) is 1.35. The summed E-state index contributed by atoms with van der Waals surface area (Å²) in [4.78, 5) is 22.7. The molecule has 1 amide bonds. The zero-order valence-corrected chi connectivity index (χ0v) is 10.4. The van der Waals surface area contributed by atoms with Crippen molar-refractivity contribution < 1.29 is 14.3 Å². The van der Waals surface area contributed by atoms with Gasteiger partial charge in [0.15, 0.2) is 6.29 Å². The second kappa shape index (κ2) is 4.57. The molecule has 6 heteroatoms. The maximum atomic E-state index is 11.6. The van der Waals surface area contributed by atoms with E-state index in [0.29, 0.717) is 12.0 Å². The molecule has 0 aromatic carbocycles. The quantitative estimate of drug-likeness (QED) is 0.780. The van der Waals surface area contributed by atoms with Gasteiger partial charge in [-0.1, -0.05) is 0 Å². The number of hydrogen-bond acceptors (Lipinski definition) is 4. The first-order chi connectivity index (χ1) is 7.77. The summed E-state index contributed by atoms with van der Waals surface area (Å²) >= 11 is 0. The number of nitrogens with one attached hydrogen (secondary N) is 2. The molecule has 0 aliphatic rings. The zero-order valence-electron chi connectivity index (χ0n) is 10.4. The highest BCUT2D eigenvalue weighted by Gasteiger charge is 2.31. The molecule has 0 bridgehead atoms. The number of H-pyrrole nitrogens is 1. The SMILES string of the molecule is CC(C)(C)OC(=O)NC(C)(C=O)c1ccn[nH]1. The van der Waals surface area contributed by atoms with Crippen molar-refractivity contribution in [1.82, 2.24) is 15.5 Å². The van der Waals surface area contributed by atoms with Gasteiger partial charge in [0.1, 0.15) is 11.1 Å². The largest absolute Gasteiger partial charge is 0.444 e. The van der Waals surface area contributed by atoms with Crippen LogP contribution in [0.2, 0.25) is 0 Å². The molecule has 6 nitrogen and oxygen atoms in total. The van der Waals surface area contributed by atoms with Gasteiger partial charge in [0.05, 0.1) is 5.69 Å². The Labute approximate surface area is 99.7 Å². The van der Waals surface area contributed by atoms with E-state index in [2.05, 4.69) is 15.5 Å². The highest BCUT2D eigenvalue weighted by atomic mass is 16.6. The van der Waals surface area contributed by atoms with Gasteiger partial charge in [0.2, 0.25) is 0 Å². The van der Waals surface area contributed by atoms with E-state index in [4.69, 9.17) is 4.74 Å². The van der Waals surface area contributed by atoms with E-state index in [9.17, 15) is 9.59 Å². The van der Waals surface area contributed by atoms with Crippen LogP contribution in [0.3, 0.4) is 0 Å². The molecule has 2 N–H and O–H groups in total. The highest BCUT2D eigenvalue weighted by molar-refractivity contribution is 5.77. The summed E-state index contributed by atoms with van der Waals surface area (Å²) < 4.78 is 5.09. The Morgan fingerprint density at radius 3 is 2.53 bits per heavy atom. The molecule has 0 spiro atoms. The molecule has 1 unspecified atom stereocenters. The number of amides is 1. The number of aldehydes is 1. The van der Waals surface area contributed by atoms with Crippen molar-refractivity contribution in [2.45, 2.75) is 38.8 Å². The lowest BCUT2D eigenvalue weighted by atomic mass is 10.0. The maximum Gasteiger partial charge on any atom is 0.408 e. The number of nitrogens with zero attached hydrogens (tertiary/aromatic N) is 1. The average molecular weight is 239 g/mol. The van der Waals surface area contributed by atoms with Crippen LogP contribution in [0.25, 0.3) is 0 Å². The molecular weight excluding hydrogens is 222 g/mol. The third-order valence-electron chi connectivity index (χ3n) is 2.06. The molecule has 1 aromatic heterocycles. The summed E-state index contributed by atoms with van der Waals surface area (Å²) in [5.74, 6) is 0. The fraction of sp³-hybridized carbons (Fsp3) is 0.545. The first kappa shape index (κ1) is 13.2. The van der Waals surface area contributed by atoms with Crippen LogP contribution in [-0.4, -0.2) is 28.2 Å². The number of carbonyl (C=O) groups excluding carboxylic acids is 2. The van der Waals surface area contributed by atoms with Crippen molar-refractivity contribution in [2.75, 3.05) is 0 Å². The Bertz CT molecular complexity index is 395. The Morgan fingerprint density at radius 1 is 1.47 bits per heavy atom. The van der Waals surface area contributed by atoms with Crippen molar-refractivity contribution in [3.05, 3.63) is 18.0 Å². The van der Waals surface area contributed by atoms with Gasteiger partial charge in [0.25, 0.3) is 0 Å². The second-order valence-electron chi connectivity index (χ2n) is 4.92. The van der Waals surface area contributed by atoms with E-state index in [1.165, 1.54) is 6.20 Å². The summed E-state index contributed by atoms with van der Waals surface area (Å²) in [5, 5.41) is 8.89. The van der Waals surface area contributed by atoms with Crippen molar-refractivity contribution >= 4 is 12.4 Å². The van der Waals surface area contributed by atoms with Crippen LogP contribution < -0.4 is 5.32 Å². The summed E-state index contributed by atoms with van der Waals surface area (Å²) in [6.45, 7) is 6.82. The van der Waals surface area contributed by atoms with Crippen LogP contribution in [0, 0.1) is 0 Å². The standard InChI is InChI=1S/C11H17N3O3/c1-10(2,3)17-9(16)13-11(4,7-15)8-5-6-12-14-8/h5-7H,1-4H3,(H,12,14)(H,13,16). The van der Waals surface area contributed by atoms with Gasteiger partial charge in [-0.3, -0.25) is 5.10 Å². The third-order valence-corrected chi connectivity index (χ3v) is 2.06. The molecule has 1 atom stereocenters. The van der Waals surface area contributed by atoms with Gasteiger partial charge in [-0.2, -0.15) is 5.10 Å². The lowest BCUT2D eigenvalue weighted by Gasteiger charge is -2.26. The summed E-state index contributed by atoms with van der Waals surface area (Å²) in [6, 6.07) is 1.62. The molecule has 17 heavy (non-hydrogen) atoms. The minimum Gasteiger partial charge on any atom is -0.444 e.